The number of piperazine rings is 1. The van der Waals surface area contributed by atoms with E-state index in [0.29, 0.717) is 18.7 Å². The molecule has 5 heteroatoms. The largest absolute Gasteiger partial charge is 0.372 e. The van der Waals surface area contributed by atoms with Crippen molar-refractivity contribution >= 4 is 18.3 Å². The van der Waals surface area contributed by atoms with Crippen LogP contribution in [0, 0.1) is 0 Å². The minimum atomic E-state index is 0. The molecule has 1 aliphatic rings. The van der Waals surface area contributed by atoms with Crippen LogP contribution in [0.25, 0.3) is 0 Å². The van der Waals surface area contributed by atoms with Crippen LogP contribution in [-0.2, 0) is 9.53 Å². The number of hydrogen-bond donors (Lipinski definition) is 1. The van der Waals surface area contributed by atoms with Crippen molar-refractivity contribution in [1.82, 2.24) is 10.2 Å². The summed E-state index contributed by atoms with van der Waals surface area (Å²) in [5, 5.41) is 3.39. The van der Waals surface area contributed by atoms with Crippen LogP contribution in [0.2, 0.25) is 0 Å². The summed E-state index contributed by atoms with van der Waals surface area (Å²) in [6.45, 7) is 8.48. The van der Waals surface area contributed by atoms with Crippen LogP contribution >= 0.6 is 12.4 Å². The van der Waals surface area contributed by atoms with Gasteiger partial charge >= 0.3 is 0 Å². The highest BCUT2D eigenvalue weighted by Gasteiger charge is 2.24. The van der Waals surface area contributed by atoms with E-state index in [2.05, 4.69) is 19.2 Å². The van der Waals surface area contributed by atoms with E-state index in [-0.39, 0.29) is 24.9 Å². The normalized spacial score (nSPS) is 25.9. The first-order chi connectivity index (χ1) is 6.63. The van der Waals surface area contributed by atoms with Crippen molar-refractivity contribution in [2.75, 3.05) is 26.3 Å². The molecule has 1 N–H and O–H groups in total. The lowest BCUT2D eigenvalue weighted by Crippen LogP contribution is -2.56. The molecule has 0 aromatic carbocycles. The second-order valence-corrected chi connectivity index (χ2v) is 3.90. The van der Waals surface area contributed by atoms with Gasteiger partial charge in [0.2, 0.25) is 5.91 Å². The topological polar surface area (TPSA) is 41.6 Å². The molecule has 1 aliphatic heterocycles. The number of amides is 1. The first-order valence-corrected chi connectivity index (χ1v) is 5.25. The smallest absolute Gasteiger partial charge is 0.248 e. The molecule has 0 saturated carbocycles. The Balaban J connectivity index is 0.00000196. The minimum absolute atomic E-state index is 0. The number of ether oxygens (including phenoxy) is 1. The second-order valence-electron chi connectivity index (χ2n) is 3.90. The van der Waals surface area contributed by atoms with Crippen molar-refractivity contribution in [3.63, 3.8) is 0 Å². The van der Waals surface area contributed by atoms with E-state index < -0.39 is 0 Å². The molecule has 0 radical (unpaired) electrons. The Labute approximate surface area is 97.8 Å². The maximum Gasteiger partial charge on any atom is 0.248 e. The van der Waals surface area contributed by atoms with Crippen LogP contribution in [-0.4, -0.2) is 49.2 Å². The number of hydrogen-bond acceptors (Lipinski definition) is 3. The molecule has 0 spiro atoms. The average molecular weight is 237 g/mol. The van der Waals surface area contributed by atoms with Gasteiger partial charge < -0.3 is 15.0 Å². The fourth-order valence-corrected chi connectivity index (χ4v) is 1.81. The molecule has 1 fully saturated rings. The minimum Gasteiger partial charge on any atom is -0.372 e. The summed E-state index contributed by atoms with van der Waals surface area (Å²) in [7, 11) is 0. The third-order valence-electron chi connectivity index (χ3n) is 2.34. The van der Waals surface area contributed by atoms with E-state index in [1.165, 1.54) is 0 Å². The zero-order chi connectivity index (χ0) is 10.6. The van der Waals surface area contributed by atoms with Crippen LogP contribution in [0.3, 0.4) is 0 Å². The maximum absolute atomic E-state index is 11.6. The molecule has 0 aromatic rings. The summed E-state index contributed by atoms with van der Waals surface area (Å²) in [4.78, 5) is 13.5. The number of nitrogens with one attached hydrogen (secondary N) is 1. The van der Waals surface area contributed by atoms with Gasteiger partial charge in [-0.3, -0.25) is 4.79 Å². The van der Waals surface area contributed by atoms with Crippen molar-refractivity contribution in [3.8, 4) is 0 Å². The summed E-state index contributed by atoms with van der Waals surface area (Å²) in [6.07, 6.45) is 0. The van der Waals surface area contributed by atoms with Gasteiger partial charge in [-0.25, -0.2) is 0 Å². The van der Waals surface area contributed by atoms with Gasteiger partial charge in [0, 0.05) is 31.8 Å². The Kier molecular flexibility index (Phi) is 6.89. The van der Waals surface area contributed by atoms with Gasteiger partial charge in [0.05, 0.1) is 0 Å². The van der Waals surface area contributed by atoms with E-state index in [0.717, 1.165) is 13.1 Å². The molecular formula is C10H21ClN2O2. The van der Waals surface area contributed by atoms with Gasteiger partial charge in [-0.05, 0) is 20.8 Å². The van der Waals surface area contributed by atoms with Crippen LogP contribution in [0.15, 0.2) is 0 Å². The maximum atomic E-state index is 11.6. The van der Waals surface area contributed by atoms with Gasteiger partial charge in [-0.1, -0.05) is 0 Å². The fourth-order valence-electron chi connectivity index (χ4n) is 1.81. The molecule has 0 aliphatic carbocycles. The summed E-state index contributed by atoms with van der Waals surface area (Å²) in [5.74, 6) is 0.104. The molecule has 4 nitrogen and oxygen atoms in total. The zero-order valence-corrected chi connectivity index (χ0v) is 10.5. The third-order valence-corrected chi connectivity index (χ3v) is 2.34. The standard InChI is InChI=1S/C10H20N2O2.ClH/c1-4-14-7-10(13)12-5-8(2)11-9(3)6-12;/h8-9,11H,4-7H2,1-3H3;1H. The van der Waals surface area contributed by atoms with Gasteiger partial charge in [0.1, 0.15) is 6.61 Å². The molecular weight excluding hydrogens is 216 g/mol. The number of carbonyl (C=O) groups is 1. The highest BCUT2D eigenvalue weighted by molar-refractivity contribution is 5.85. The molecule has 2 unspecified atom stereocenters. The molecule has 1 rings (SSSR count). The molecule has 0 bridgehead atoms. The lowest BCUT2D eigenvalue weighted by molar-refractivity contribution is -0.137. The van der Waals surface area contributed by atoms with E-state index in [1.807, 2.05) is 11.8 Å². The number of nitrogens with zero attached hydrogens (tertiary/aromatic N) is 1. The average Bonchev–Trinajstić information content (AvgIpc) is 2.12. The molecule has 90 valence electrons. The second kappa shape index (κ2) is 7.04. The summed E-state index contributed by atoms with van der Waals surface area (Å²) in [5.41, 5.74) is 0. The van der Waals surface area contributed by atoms with Crippen molar-refractivity contribution in [1.29, 1.82) is 0 Å². The molecule has 15 heavy (non-hydrogen) atoms. The zero-order valence-electron chi connectivity index (χ0n) is 9.66. The Bertz CT molecular complexity index is 192. The third kappa shape index (κ3) is 4.82. The number of halogens is 1. The lowest BCUT2D eigenvalue weighted by Gasteiger charge is -2.36. The molecule has 1 saturated heterocycles. The molecule has 1 heterocycles. The van der Waals surface area contributed by atoms with Crippen molar-refractivity contribution < 1.29 is 9.53 Å². The predicted octanol–water partition coefficient (Wildman–Crippen LogP) is 0.653. The molecule has 0 aromatic heterocycles. The van der Waals surface area contributed by atoms with Gasteiger partial charge in [0.25, 0.3) is 0 Å². The summed E-state index contributed by atoms with van der Waals surface area (Å²) < 4.78 is 5.11. The monoisotopic (exact) mass is 236 g/mol. The van der Waals surface area contributed by atoms with Crippen molar-refractivity contribution in [3.05, 3.63) is 0 Å². The lowest BCUT2D eigenvalue weighted by atomic mass is 10.1. The number of rotatable bonds is 3. The van der Waals surface area contributed by atoms with E-state index in [1.54, 1.807) is 0 Å². The van der Waals surface area contributed by atoms with E-state index in [4.69, 9.17) is 4.74 Å². The molecule has 1 amide bonds. The van der Waals surface area contributed by atoms with Gasteiger partial charge in [-0.2, -0.15) is 0 Å². The van der Waals surface area contributed by atoms with Crippen molar-refractivity contribution in [2.45, 2.75) is 32.9 Å². The first-order valence-electron chi connectivity index (χ1n) is 5.25. The van der Waals surface area contributed by atoms with E-state index in [9.17, 15) is 4.79 Å². The van der Waals surface area contributed by atoms with Crippen LogP contribution in [0.5, 0.6) is 0 Å². The summed E-state index contributed by atoms with van der Waals surface area (Å²) >= 11 is 0. The fraction of sp³-hybridized carbons (Fsp3) is 0.900. The van der Waals surface area contributed by atoms with Crippen LogP contribution in [0.1, 0.15) is 20.8 Å². The quantitative estimate of drug-likeness (QED) is 0.783. The molecule has 2 atom stereocenters. The van der Waals surface area contributed by atoms with Crippen LogP contribution < -0.4 is 5.32 Å². The van der Waals surface area contributed by atoms with Crippen molar-refractivity contribution in [2.24, 2.45) is 0 Å². The SMILES string of the molecule is CCOCC(=O)N1CC(C)NC(C)C1.Cl. The Morgan fingerprint density at radius 1 is 1.40 bits per heavy atom. The van der Waals surface area contributed by atoms with Crippen LogP contribution in [0.4, 0.5) is 0 Å². The van der Waals surface area contributed by atoms with E-state index >= 15 is 0 Å². The Morgan fingerprint density at radius 3 is 2.40 bits per heavy atom. The Hall–Kier alpha value is -0.320. The van der Waals surface area contributed by atoms with Gasteiger partial charge in [-0.15, -0.1) is 12.4 Å². The first kappa shape index (κ1) is 14.7. The Morgan fingerprint density at radius 2 is 1.93 bits per heavy atom. The van der Waals surface area contributed by atoms with Gasteiger partial charge in [0.15, 0.2) is 0 Å². The highest BCUT2D eigenvalue weighted by Crippen LogP contribution is 2.04. The predicted molar refractivity (Wildman–Crippen MR) is 62.4 cm³/mol. The number of carbonyl (C=O) groups excluding carboxylic acids is 1. The summed E-state index contributed by atoms with van der Waals surface area (Å²) in [6, 6.07) is 0.758. The highest BCUT2D eigenvalue weighted by atomic mass is 35.5.